The minimum absolute atomic E-state index is 0.158. The molecular weight excluding hydrogens is 446 g/mol. The zero-order valence-corrected chi connectivity index (χ0v) is 19.8. The van der Waals surface area contributed by atoms with E-state index in [4.69, 9.17) is 21.1 Å². The highest BCUT2D eigenvalue weighted by Gasteiger charge is 2.24. The number of amides is 2. The van der Waals surface area contributed by atoms with Gasteiger partial charge in [0.2, 0.25) is 0 Å². The first-order chi connectivity index (χ1) is 15.7. The maximum Gasteiger partial charge on any atom is 0.347 e. The predicted octanol–water partition coefficient (Wildman–Crippen LogP) is 3.58. The van der Waals surface area contributed by atoms with Gasteiger partial charge in [0.1, 0.15) is 11.8 Å². The second-order valence-corrected chi connectivity index (χ2v) is 7.95. The van der Waals surface area contributed by atoms with Crippen LogP contribution >= 0.6 is 11.6 Å². The van der Waals surface area contributed by atoms with Crippen LogP contribution in [0.15, 0.2) is 53.6 Å². The summed E-state index contributed by atoms with van der Waals surface area (Å²) < 4.78 is 10.4. The van der Waals surface area contributed by atoms with E-state index in [1.54, 1.807) is 62.4 Å². The molecule has 2 aromatic carbocycles. The summed E-state index contributed by atoms with van der Waals surface area (Å²) in [6.07, 6.45) is 0.745. The SMILES string of the molecule is CCOC(=O)C(C)Oc1ccc(C=NNC(=O)C(NC(=O)c2ccc(Cl)cc2)C(C)C)cc1. The van der Waals surface area contributed by atoms with Crippen LogP contribution in [0, 0.1) is 5.92 Å². The summed E-state index contributed by atoms with van der Waals surface area (Å²) in [6.45, 7) is 7.28. The number of hydrazone groups is 1. The molecule has 2 amide bonds. The average Bonchev–Trinajstić information content (AvgIpc) is 2.78. The Labute approximate surface area is 198 Å². The second-order valence-electron chi connectivity index (χ2n) is 7.52. The number of halogens is 1. The van der Waals surface area contributed by atoms with Crippen LogP contribution in [0.25, 0.3) is 0 Å². The van der Waals surface area contributed by atoms with Gasteiger partial charge >= 0.3 is 5.97 Å². The molecule has 0 spiro atoms. The number of benzene rings is 2. The fourth-order valence-electron chi connectivity index (χ4n) is 2.75. The molecule has 0 aliphatic rings. The second kappa shape index (κ2) is 12.6. The van der Waals surface area contributed by atoms with Crippen molar-refractivity contribution in [3.8, 4) is 5.75 Å². The number of carbonyl (C=O) groups is 3. The van der Waals surface area contributed by atoms with Gasteiger partial charge in [-0.1, -0.05) is 25.4 Å². The van der Waals surface area contributed by atoms with Gasteiger partial charge in [0.05, 0.1) is 12.8 Å². The summed E-state index contributed by atoms with van der Waals surface area (Å²) in [7, 11) is 0. The molecule has 2 unspecified atom stereocenters. The van der Waals surface area contributed by atoms with E-state index in [1.807, 2.05) is 13.8 Å². The Balaban J connectivity index is 1.92. The first-order valence-electron chi connectivity index (χ1n) is 10.5. The predicted molar refractivity (Wildman–Crippen MR) is 126 cm³/mol. The smallest absolute Gasteiger partial charge is 0.347 e. The molecule has 0 aliphatic carbocycles. The summed E-state index contributed by atoms with van der Waals surface area (Å²) >= 11 is 5.85. The highest BCUT2D eigenvalue weighted by Crippen LogP contribution is 2.14. The van der Waals surface area contributed by atoms with Gasteiger partial charge in [-0.25, -0.2) is 10.2 Å². The van der Waals surface area contributed by atoms with Crippen LogP contribution in [-0.4, -0.2) is 42.8 Å². The maximum atomic E-state index is 12.6. The summed E-state index contributed by atoms with van der Waals surface area (Å²) in [4.78, 5) is 36.7. The standard InChI is InChI=1S/C24H28ClN3O5/c1-5-32-24(31)16(4)33-20-12-6-17(7-13-20)14-26-28-23(30)21(15(2)3)27-22(29)18-8-10-19(25)11-9-18/h6-16,21H,5H2,1-4H3,(H,27,29)(H,28,30). The molecule has 2 rings (SSSR count). The van der Waals surface area contributed by atoms with Crippen LogP contribution in [0.2, 0.25) is 5.02 Å². The lowest BCUT2D eigenvalue weighted by atomic mass is 10.0. The van der Waals surface area contributed by atoms with E-state index in [0.29, 0.717) is 21.9 Å². The third-order valence-electron chi connectivity index (χ3n) is 4.54. The monoisotopic (exact) mass is 473 g/mol. The highest BCUT2D eigenvalue weighted by molar-refractivity contribution is 6.30. The van der Waals surface area contributed by atoms with Crippen LogP contribution in [0.4, 0.5) is 0 Å². The van der Waals surface area contributed by atoms with Crippen molar-refractivity contribution in [2.24, 2.45) is 11.0 Å². The Morgan fingerprint density at radius 1 is 1.03 bits per heavy atom. The number of nitrogens with one attached hydrogen (secondary N) is 2. The van der Waals surface area contributed by atoms with Crippen molar-refractivity contribution in [2.45, 2.75) is 39.8 Å². The number of nitrogens with zero attached hydrogens (tertiary/aromatic N) is 1. The normalized spacial score (nSPS) is 12.8. The molecule has 8 nitrogen and oxygen atoms in total. The molecule has 2 aromatic rings. The molecule has 9 heteroatoms. The van der Waals surface area contributed by atoms with Crippen molar-refractivity contribution in [2.75, 3.05) is 6.61 Å². The van der Waals surface area contributed by atoms with Crippen molar-refractivity contribution in [1.82, 2.24) is 10.7 Å². The van der Waals surface area contributed by atoms with Gasteiger partial charge in [0.15, 0.2) is 6.10 Å². The molecule has 0 saturated heterocycles. The molecular formula is C24H28ClN3O5. The van der Waals surface area contributed by atoms with Crippen LogP contribution in [0.1, 0.15) is 43.6 Å². The zero-order chi connectivity index (χ0) is 24.4. The molecule has 2 atom stereocenters. The van der Waals surface area contributed by atoms with Crippen LogP contribution < -0.4 is 15.5 Å². The minimum Gasteiger partial charge on any atom is -0.479 e. The molecule has 0 aliphatic heterocycles. The largest absolute Gasteiger partial charge is 0.479 e. The lowest BCUT2D eigenvalue weighted by Crippen LogP contribution is -2.48. The molecule has 2 N–H and O–H groups in total. The third kappa shape index (κ3) is 8.23. The van der Waals surface area contributed by atoms with Gasteiger partial charge in [-0.05, 0) is 73.9 Å². The number of hydrogen-bond acceptors (Lipinski definition) is 6. The van der Waals surface area contributed by atoms with Gasteiger partial charge in [0, 0.05) is 10.6 Å². The highest BCUT2D eigenvalue weighted by atomic mass is 35.5. The van der Waals surface area contributed by atoms with Crippen molar-refractivity contribution in [3.05, 3.63) is 64.7 Å². The van der Waals surface area contributed by atoms with Gasteiger partial charge in [-0.2, -0.15) is 5.10 Å². The fraction of sp³-hybridized carbons (Fsp3) is 0.333. The molecule has 0 aromatic heterocycles. The lowest BCUT2D eigenvalue weighted by Gasteiger charge is -2.20. The van der Waals surface area contributed by atoms with E-state index < -0.39 is 24.0 Å². The first kappa shape index (κ1) is 25.9. The molecule has 33 heavy (non-hydrogen) atoms. The number of esters is 1. The van der Waals surface area contributed by atoms with Crippen molar-refractivity contribution in [1.29, 1.82) is 0 Å². The topological polar surface area (TPSA) is 106 Å². The fourth-order valence-corrected chi connectivity index (χ4v) is 2.87. The van der Waals surface area contributed by atoms with Gasteiger partial charge in [0.25, 0.3) is 11.8 Å². The lowest BCUT2D eigenvalue weighted by molar-refractivity contribution is -0.150. The van der Waals surface area contributed by atoms with Crippen LogP contribution in [-0.2, 0) is 14.3 Å². The Kier molecular flexibility index (Phi) is 9.87. The summed E-state index contributed by atoms with van der Waals surface area (Å²) in [5.41, 5.74) is 3.57. The van der Waals surface area contributed by atoms with Crippen LogP contribution in [0.3, 0.4) is 0 Å². The van der Waals surface area contributed by atoms with Gasteiger partial charge < -0.3 is 14.8 Å². The number of ether oxygens (including phenoxy) is 2. The summed E-state index contributed by atoms with van der Waals surface area (Å²) in [5, 5.41) is 7.21. The molecule has 0 radical (unpaired) electrons. The summed E-state index contributed by atoms with van der Waals surface area (Å²) in [5.74, 6) is -0.909. The van der Waals surface area contributed by atoms with Crippen LogP contribution in [0.5, 0.6) is 5.75 Å². The minimum atomic E-state index is -0.773. The van der Waals surface area contributed by atoms with Crippen molar-refractivity contribution < 1.29 is 23.9 Å². The summed E-state index contributed by atoms with van der Waals surface area (Å²) in [6, 6.07) is 12.4. The maximum absolute atomic E-state index is 12.6. The molecule has 0 saturated carbocycles. The quantitative estimate of drug-likeness (QED) is 0.311. The van der Waals surface area contributed by atoms with Crippen molar-refractivity contribution in [3.63, 3.8) is 0 Å². The molecule has 0 bridgehead atoms. The molecule has 0 fully saturated rings. The number of hydrogen-bond donors (Lipinski definition) is 2. The Hall–Kier alpha value is -3.39. The Morgan fingerprint density at radius 2 is 1.67 bits per heavy atom. The molecule has 176 valence electrons. The average molecular weight is 474 g/mol. The number of rotatable bonds is 10. The third-order valence-corrected chi connectivity index (χ3v) is 4.79. The van der Waals surface area contributed by atoms with E-state index in [9.17, 15) is 14.4 Å². The Bertz CT molecular complexity index is 975. The van der Waals surface area contributed by atoms with E-state index in [1.165, 1.54) is 6.21 Å². The number of carbonyl (C=O) groups excluding carboxylic acids is 3. The van der Waals surface area contributed by atoms with Gasteiger partial charge in [-0.3, -0.25) is 9.59 Å². The van der Waals surface area contributed by atoms with E-state index in [2.05, 4.69) is 15.8 Å². The van der Waals surface area contributed by atoms with E-state index in [-0.39, 0.29) is 18.4 Å². The van der Waals surface area contributed by atoms with Gasteiger partial charge in [-0.15, -0.1) is 0 Å². The molecule has 0 heterocycles. The van der Waals surface area contributed by atoms with E-state index in [0.717, 1.165) is 0 Å². The van der Waals surface area contributed by atoms with Crippen molar-refractivity contribution >= 4 is 35.6 Å². The van der Waals surface area contributed by atoms with E-state index >= 15 is 0 Å². The zero-order valence-electron chi connectivity index (χ0n) is 19.0. The Morgan fingerprint density at radius 3 is 2.24 bits per heavy atom. The first-order valence-corrected chi connectivity index (χ1v) is 10.9.